The highest BCUT2D eigenvalue weighted by Gasteiger charge is 2.29. The first-order valence-electron chi connectivity index (χ1n) is 21.7. The van der Waals surface area contributed by atoms with Gasteiger partial charge in [0, 0.05) is 58.0 Å². The van der Waals surface area contributed by atoms with Crippen molar-refractivity contribution in [2.24, 2.45) is 0 Å². The fourth-order valence-corrected chi connectivity index (χ4v) is 7.78. The second kappa shape index (κ2) is 20.3. The molecule has 7 heteroatoms. The van der Waals surface area contributed by atoms with Gasteiger partial charge in [0.1, 0.15) is 23.0 Å². The van der Waals surface area contributed by atoms with Gasteiger partial charge in [0.15, 0.2) is 0 Å². The molecule has 0 radical (unpaired) electrons. The van der Waals surface area contributed by atoms with Crippen LogP contribution in [0, 0.1) is 0 Å². The summed E-state index contributed by atoms with van der Waals surface area (Å²) in [6.45, 7) is 15.2. The number of para-hydroxylation sites is 2. The van der Waals surface area contributed by atoms with Gasteiger partial charge in [-0.3, -0.25) is 0 Å². The smallest absolute Gasteiger partial charge is 0.127 e. The standard InChI is InChI=1S/C53H64N4O3/c1-7-35-52(5,8-2)55-45-25-33-49(34-26-45)60-48-31-23-44(24-32-48)54-39-56(37-42-15-11-13-17-50(42)58)46-27-19-40(20-28-46)36-41-21-29-47(30-22-41)57(53(6,9-3)10-4)38-43-16-12-14-18-51(43)59/h11-34,54-55,58-59H,7-10,35-39H2,1-6H3. The SMILES string of the molecule is CCCC(C)(CC)Nc1ccc(Oc2ccc(NCN(Cc3ccccc3O)c3ccc(Cc4ccc(N(Cc5ccccc5O)C(C)(CC)CC)cc4)cc3)cc2)cc1. The van der Waals surface area contributed by atoms with Crippen LogP contribution in [0.5, 0.6) is 23.0 Å². The van der Waals surface area contributed by atoms with Gasteiger partial charge in [0.25, 0.3) is 0 Å². The number of benzene rings is 6. The van der Waals surface area contributed by atoms with E-state index in [1.807, 2.05) is 72.8 Å². The Balaban J connectivity index is 1.11. The summed E-state index contributed by atoms with van der Waals surface area (Å²) < 4.78 is 6.19. The Hall–Kier alpha value is -6.08. The summed E-state index contributed by atoms with van der Waals surface area (Å²) in [5.74, 6) is 2.18. The van der Waals surface area contributed by atoms with Crippen LogP contribution in [0.3, 0.4) is 0 Å². The van der Waals surface area contributed by atoms with Crippen LogP contribution >= 0.6 is 0 Å². The summed E-state index contributed by atoms with van der Waals surface area (Å²) in [7, 11) is 0. The number of rotatable bonds is 21. The number of anilines is 4. The normalized spacial score (nSPS) is 12.4. The average Bonchev–Trinajstić information content (AvgIpc) is 3.27. The Labute approximate surface area is 358 Å². The Kier molecular flexibility index (Phi) is 14.7. The van der Waals surface area contributed by atoms with E-state index in [2.05, 4.69) is 123 Å². The van der Waals surface area contributed by atoms with E-state index in [0.717, 1.165) is 83.9 Å². The topological polar surface area (TPSA) is 80.2 Å². The fraction of sp³-hybridized carbons (Fsp3) is 0.321. The predicted octanol–water partition coefficient (Wildman–Crippen LogP) is 13.5. The van der Waals surface area contributed by atoms with Crippen LogP contribution in [0.1, 0.15) is 95.9 Å². The minimum Gasteiger partial charge on any atom is -0.508 e. The summed E-state index contributed by atoms with van der Waals surface area (Å²) in [4.78, 5) is 4.67. The van der Waals surface area contributed by atoms with Gasteiger partial charge in [-0.1, -0.05) is 94.8 Å². The summed E-state index contributed by atoms with van der Waals surface area (Å²) in [6.07, 6.45) is 6.13. The van der Waals surface area contributed by atoms with Crippen molar-refractivity contribution >= 4 is 22.7 Å². The lowest BCUT2D eigenvalue weighted by atomic mass is 9.91. The van der Waals surface area contributed by atoms with Gasteiger partial charge < -0.3 is 35.4 Å². The molecule has 0 heterocycles. The van der Waals surface area contributed by atoms with E-state index < -0.39 is 0 Å². The molecule has 60 heavy (non-hydrogen) atoms. The van der Waals surface area contributed by atoms with Crippen LogP contribution in [0.4, 0.5) is 22.7 Å². The molecule has 6 rings (SSSR count). The molecule has 0 aromatic heterocycles. The molecule has 0 saturated carbocycles. The molecule has 0 aliphatic rings. The van der Waals surface area contributed by atoms with Gasteiger partial charge in [-0.25, -0.2) is 0 Å². The molecule has 314 valence electrons. The summed E-state index contributed by atoms with van der Waals surface area (Å²) in [5, 5.41) is 28.6. The Morgan fingerprint density at radius 3 is 1.55 bits per heavy atom. The summed E-state index contributed by atoms with van der Waals surface area (Å²) in [5.41, 5.74) is 8.55. The third-order valence-corrected chi connectivity index (χ3v) is 12.3. The van der Waals surface area contributed by atoms with Crippen LogP contribution in [0.2, 0.25) is 0 Å². The van der Waals surface area contributed by atoms with Gasteiger partial charge in [0.2, 0.25) is 0 Å². The molecule has 0 fully saturated rings. The van der Waals surface area contributed by atoms with Gasteiger partial charge in [-0.05, 0) is 142 Å². The van der Waals surface area contributed by atoms with Crippen LogP contribution in [-0.4, -0.2) is 28.0 Å². The van der Waals surface area contributed by atoms with Crippen molar-refractivity contribution in [1.82, 2.24) is 0 Å². The number of hydrogen-bond acceptors (Lipinski definition) is 7. The second-order valence-corrected chi connectivity index (χ2v) is 16.5. The van der Waals surface area contributed by atoms with E-state index in [-0.39, 0.29) is 16.8 Å². The summed E-state index contributed by atoms with van der Waals surface area (Å²) >= 11 is 0. The van der Waals surface area contributed by atoms with Crippen molar-refractivity contribution < 1.29 is 14.9 Å². The molecule has 7 nitrogen and oxygen atoms in total. The molecule has 0 spiro atoms. The zero-order valence-electron chi connectivity index (χ0n) is 36.4. The molecule has 0 amide bonds. The maximum absolute atomic E-state index is 10.7. The zero-order chi connectivity index (χ0) is 42.5. The number of aromatic hydroxyl groups is 2. The van der Waals surface area contributed by atoms with Crippen molar-refractivity contribution in [1.29, 1.82) is 0 Å². The largest absolute Gasteiger partial charge is 0.508 e. The molecule has 6 aromatic carbocycles. The summed E-state index contributed by atoms with van der Waals surface area (Å²) in [6, 6.07) is 49.0. The Morgan fingerprint density at radius 2 is 1.05 bits per heavy atom. The molecule has 0 aliphatic heterocycles. The average molecular weight is 805 g/mol. The number of nitrogens with zero attached hydrogens (tertiary/aromatic N) is 2. The van der Waals surface area contributed by atoms with Gasteiger partial charge in [-0.2, -0.15) is 0 Å². The molecule has 1 atom stereocenters. The first-order valence-corrected chi connectivity index (χ1v) is 21.7. The molecular formula is C53H64N4O3. The number of hydrogen-bond donors (Lipinski definition) is 4. The second-order valence-electron chi connectivity index (χ2n) is 16.5. The third-order valence-electron chi connectivity index (χ3n) is 12.3. The van der Waals surface area contributed by atoms with Crippen molar-refractivity contribution in [3.05, 3.63) is 168 Å². The lowest BCUT2D eigenvalue weighted by Gasteiger charge is -2.42. The number of nitrogens with one attached hydrogen (secondary N) is 2. The monoisotopic (exact) mass is 804 g/mol. The van der Waals surface area contributed by atoms with Crippen molar-refractivity contribution in [3.63, 3.8) is 0 Å². The number of phenolic OH excluding ortho intramolecular Hbond substituents is 2. The first kappa shape index (κ1) is 43.5. The minimum absolute atomic E-state index is 0.0502. The Bertz CT molecular complexity index is 2220. The van der Waals surface area contributed by atoms with E-state index in [1.165, 1.54) is 11.1 Å². The molecule has 0 saturated heterocycles. The van der Waals surface area contributed by atoms with E-state index >= 15 is 0 Å². The predicted molar refractivity (Wildman–Crippen MR) is 252 cm³/mol. The fourth-order valence-electron chi connectivity index (χ4n) is 7.78. The van der Waals surface area contributed by atoms with Gasteiger partial charge >= 0.3 is 0 Å². The number of phenols is 2. The van der Waals surface area contributed by atoms with Gasteiger partial charge in [0.05, 0.1) is 6.67 Å². The highest BCUT2D eigenvalue weighted by Crippen LogP contribution is 2.34. The van der Waals surface area contributed by atoms with Crippen LogP contribution in [-0.2, 0) is 19.5 Å². The van der Waals surface area contributed by atoms with Crippen molar-refractivity contribution in [3.8, 4) is 23.0 Å². The lowest BCUT2D eigenvalue weighted by Crippen LogP contribution is -2.45. The molecule has 6 aromatic rings. The van der Waals surface area contributed by atoms with E-state index in [1.54, 1.807) is 12.1 Å². The van der Waals surface area contributed by atoms with Crippen LogP contribution < -0.4 is 25.2 Å². The highest BCUT2D eigenvalue weighted by molar-refractivity contribution is 5.56. The highest BCUT2D eigenvalue weighted by atomic mass is 16.5. The molecular weight excluding hydrogens is 741 g/mol. The lowest BCUT2D eigenvalue weighted by molar-refractivity contribution is 0.385. The first-order chi connectivity index (χ1) is 29.0. The maximum atomic E-state index is 10.7. The van der Waals surface area contributed by atoms with Crippen molar-refractivity contribution in [2.45, 2.75) is 104 Å². The van der Waals surface area contributed by atoms with Crippen molar-refractivity contribution in [2.75, 3.05) is 27.1 Å². The van der Waals surface area contributed by atoms with E-state index in [0.29, 0.717) is 25.5 Å². The van der Waals surface area contributed by atoms with E-state index in [4.69, 9.17) is 4.74 Å². The Morgan fingerprint density at radius 1 is 0.550 bits per heavy atom. The third kappa shape index (κ3) is 11.3. The molecule has 0 aliphatic carbocycles. The van der Waals surface area contributed by atoms with E-state index in [9.17, 15) is 10.2 Å². The minimum atomic E-state index is -0.0502. The van der Waals surface area contributed by atoms with Crippen LogP contribution in [0.15, 0.2) is 146 Å². The number of ether oxygens (including phenoxy) is 1. The van der Waals surface area contributed by atoms with Gasteiger partial charge in [-0.15, -0.1) is 0 Å². The zero-order valence-corrected chi connectivity index (χ0v) is 36.4. The maximum Gasteiger partial charge on any atom is 0.127 e. The quantitative estimate of drug-likeness (QED) is 0.0540. The van der Waals surface area contributed by atoms with Crippen LogP contribution in [0.25, 0.3) is 0 Å². The molecule has 4 N–H and O–H groups in total. The molecule has 0 bridgehead atoms. The molecule has 1 unspecified atom stereocenters.